The van der Waals surface area contributed by atoms with E-state index in [0.717, 1.165) is 44.5 Å². The summed E-state index contributed by atoms with van der Waals surface area (Å²) in [7, 11) is 0. The minimum absolute atomic E-state index is 0.0147. The third kappa shape index (κ3) is 4.78. The first-order valence-corrected chi connectivity index (χ1v) is 11.3. The molecular formula is C21H24N4O2S2. The Morgan fingerprint density at radius 3 is 2.83 bits per heavy atom. The first-order chi connectivity index (χ1) is 14.0. The topological polar surface area (TPSA) is 67.4 Å². The number of anilines is 1. The molecule has 0 saturated carbocycles. The van der Waals surface area contributed by atoms with Crippen LogP contribution in [0.15, 0.2) is 45.9 Å². The number of rotatable bonds is 5. The fourth-order valence-corrected chi connectivity index (χ4v) is 5.62. The van der Waals surface area contributed by atoms with Crippen LogP contribution in [0, 0.1) is 6.92 Å². The van der Waals surface area contributed by atoms with Crippen molar-refractivity contribution in [2.75, 3.05) is 25.0 Å². The van der Waals surface area contributed by atoms with Crippen LogP contribution in [0.5, 0.6) is 0 Å². The van der Waals surface area contributed by atoms with Gasteiger partial charge < -0.3 is 10.1 Å². The van der Waals surface area contributed by atoms with E-state index in [9.17, 15) is 4.79 Å². The van der Waals surface area contributed by atoms with Crippen molar-refractivity contribution in [2.24, 2.45) is 0 Å². The van der Waals surface area contributed by atoms with E-state index in [1.165, 1.54) is 0 Å². The predicted octanol–water partition coefficient (Wildman–Crippen LogP) is 4.20. The number of para-hydroxylation sites is 1. The van der Waals surface area contributed by atoms with E-state index in [0.29, 0.717) is 6.54 Å². The third-order valence-electron chi connectivity index (χ3n) is 4.73. The van der Waals surface area contributed by atoms with Gasteiger partial charge in [0.2, 0.25) is 5.91 Å². The minimum Gasteiger partial charge on any atom is -0.373 e. The number of thiophene rings is 1. The summed E-state index contributed by atoms with van der Waals surface area (Å²) in [6, 6.07) is 7.85. The maximum Gasteiger partial charge on any atom is 0.238 e. The largest absolute Gasteiger partial charge is 0.373 e. The molecule has 2 atom stereocenters. The molecule has 0 unspecified atom stereocenters. The number of nitrogens with one attached hydrogen (secondary N) is 1. The van der Waals surface area contributed by atoms with Crippen molar-refractivity contribution < 1.29 is 9.53 Å². The number of benzene rings is 1. The Morgan fingerprint density at radius 1 is 1.28 bits per heavy atom. The summed E-state index contributed by atoms with van der Waals surface area (Å²) in [4.78, 5) is 24.7. The first kappa shape index (κ1) is 20.3. The summed E-state index contributed by atoms with van der Waals surface area (Å²) in [5.41, 5.74) is 2.95. The molecular weight excluding hydrogens is 404 g/mol. The molecule has 3 aromatic rings. The molecule has 0 spiro atoms. The van der Waals surface area contributed by atoms with E-state index >= 15 is 0 Å². The number of nitrogens with zero attached hydrogens (tertiary/aromatic N) is 3. The number of hydrogen-bond donors (Lipinski definition) is 1. The summed E-state index contributed by atoms with van der Waals surface area (Å²) in [6.45, 7) is 8.04. The molecule has 0 aliphatic carbocycles. The van der Waals surface area contributed by atoms with Gasteiger partial charge in [-0.3, -0.25) is 9.69 Å². The average Bonchev–Trinajstić information content (AvgIpc) is 3.04. The minimum atomic E-state index is -0.0147. The Labute approximate surface area is 178 Å². The molecule has 3 heterocycles. The van der Waals surface area contributed by atoms with Gasteiger partial charge in [-0.05, 0) is 43.8 Å². The maximum absolute atomic E-state index is 12.7. The van der Waals surface area contributed by atoms with Crippen LogP contribution in [0.3, 0.4) is 0 Å². The van der Waals surface area contributed by atoms with Crippen LogP contribution in [0.25, 0.3) is 10.2 Å². The highest BCUT2D eigenvalue weighted by Gasteiger charge is 2.24. The van der Waals surface area contributed by atoms with E-state index in [4.69, 9.17) is 4.74 Å². The molecule has 1 aliphatic rings. The molecule has 4 rings (SSSR count). The van der Waals surface area contributed by atoms with Crippen LogP contribution < -0.4 is 5.32 Å². The lowest BCUT2D eigenvalue weighted by molar-refractivity contribution is -0.121. The van der Waals surface area contributed by atoms with Crippen LogP contribution in [0.1, 0.15) is 19.4 Å². The summed E-state index contributed by atoms with van der Waals surface area (Å²) in [5.74, 6) is -0.0147. The molecule has 152 valence electrons. The van der Waals surface area contributed by atoms with Gasteiger partial charge in [0.15, 0.2) is 0 Å². The summed E-state index contributed by atoms with van der Waals surface area (Å²) in [6.07, 6.45) is 1.89. The molecule has 0 radical (unpaired) electrons. The number of amides is 1. The molecule has 1 saturated heterocycles. The summed E-state index contributed by atoms with van der Waals surface area (Å²) >= 11 is 3.21. The monoisotopic (exact) mass is 428 g/mol. The molecule has 1 amide bonds. The molecule has 1 fully saturated rings. The average molecular weight is 429 g/mol. The second kappa shape index (κ2) is 8.79. The second-order valence-corrected chi connectivity index (χ2v) is 9.28. The van der Waals surface area contributed by atoms with Gasteiger partial charge in [-0.25, -0.2) is 9.97 Å². The van der Waals surface area contributed by atoms with Crippen molar-refractivity contribution in [1.82, 2.24) is 14.9 Å². The van der Waals surface area contributed by atoms with Gasteiger partial charge in [0, 0.05) is 18.0 Å². The number of carbonyl (C=O) groups is 1. The zero-order valence-corrected chi connectivity index (χ0v) is 18.3. The zero-order chi connectivity index (χ0) is 20.4. The Balaban J connectivity index is 1.49. The van der Waals surface area contributed by atoms with E-state index in [-0.39, 0.29) is 18.1 Å². The van der Waals surface area contributed by atoms with Crippen molar-refractivity contribution in [3.8, 4) is 0 Å². The van der Waals surface area contributed by atoms with Crippen LogP contribution >= 0.6 is 23.1 Å². The second-order valence-electron chi connectivity index (χ2n) is 7.37. The number of aromatic nitrogens is 2. The summed E-state index contributed by atoms with van der Waals surface area (Å²) < 4.78 is 6.83. The molecule has 8 heteroatoms. The van der Waals surface area contributed by atoms with Crippen LogP contribution in [-0.2, 0) is 9.53 Å². The predicted molar refractivity (Wildman–Crippen MR) is 118 cm³/mol. The van der Waals surface area contributed by atoms with Crippen molar-refractivity contribution >= 4 is 44.9 Å². The number of ether oxygens (including phenoxy) is 1. The number of carbonyl (C=O) groups excluding carboxylic acids is 1. The molecule has 1 aliphatic heterocycles. The van der Waals surface area contributed by atoms with Gasteiger partial charge in [0.05, 0.1) is 34.7 Å². The molecule has 6 nitrogen and oxygen atoms in total. The van der Waals surface area contributed by atoms with Crippen molar-refractivity contribution in [3.63, 3.8) is 0 Å². The van der Waals surface area contributed by atoms with Gasteiger partial charge >= 0.3 is 0 Å². The lowest BCUT2D eigenvalue weighted by Gasteiger charge is -2.34. The molecule has 1 N–H and O–H groups in total. The van der Waals surface area contributed by atoms with E-state index in [2.05, 4.69) is 32.5 Å². The molecule has 2 aromatic heterocycles. The highest BCUT2D eigenvalue weighted by atomic mass is 32.2. The normalized spacial score (nSPS) is 20.1. The Kier molecular flexibility index (Phi) is 6.15. The van der Waals surface area contributed by atoms with E-state index < -0.39 is 0 Å². The fourth-order valence-electron chi connectivity index (χ4n) is 3.59. The van der Waals surface area contributed by atoms with Crippen LogP contribution in [-0.4, -0.2) is 52.6 Å². The van der Waals surface area contributed by atoms with Crippen LogP contribution in [0.4, 0.5) is 5.69 Å². The lowest BCUT2D eigenvalue weighted by atomic mass is 10.2. The zero-order valence-electron chi connectivity index (χ0n) is 16.7. The van der Waals surface area contributed by atoms with Crippen LogP contribution in [0.2, 0.25) is 0 Å². The SMILES string of the molecule is Cc1csc2c(Sc3ccccc3NC(=O)CN3C[C@@H](C)O[C@@H](C)C3)ncnc12. The first-order valence-electron chi connectivity index (χ1n) is 9.63. The van der Waals surface area contributed by atoms with E-state index in [1.807, 2.05) is 38.1 Å². The van der Waals surface area contributed by atoms with Gasteiger partial charge in [0.25, 0.3) is 0 Å². The molecule has 0 bridgehead atoms. The van der Waals surface area contributed by atoms with Gasteiger partial charge in [-0.2, -0.15) is 0 Å². The summed E-state index contributed by atoms with van der Waals surface area (Å²) in [5, 5.41) is 6.09. The van der Waals surface area contributed by atoms with Gasteiger partial charge in [-0.1, -0.05) is 23.9 Å². The van der Waals surface area contributed by atoms with Crippen molar-refractivity contribution in [1.29, 1.82) is 0 Å². The Morgan fingerprint density at radius 2 is 2.03 bits per heavy atom. The van der Waals surface area contributed by atoms with Gasteiger partial charge in [-0.15, -0.1) is 11.3 Å². The van der Waals surface area contributed by atoms with E-state index in [1.54, 1.807) is 29.4 Å². The number of fused-ring (bicyclic) bond motifs is 1. The van der Waals surface area contributed by atoms with Gasteiger partial charge in [0.1, 0.15) is 11.4 Å². The molecule has 29 heavy (non-hydrogen) atoms. The maximum atomic E-state index is 12.7. The standard InChI is InChI=1S/C21H24N4O2S2/c1-13-11-28-20-19(13)22-12-23-21(20)29-17-7-5-4-6-16(17)24-18(26)10-25-8-14(2)27-15(3)9-25/h4-7,11-12,14-15H,8-10H2,1-3H3,(H,24,26)/t14-,15+. The Bertz CT molecular complexity index is 1010. The molecule has 1 aromatic carbocycles. The smallest absolute Gasteiger partial charge is 0.238 e. The lowest BCUT2D eigenvalue weighted by Crippen LogP contribution is -2.48. The number of hydrogen-bond acceptors (Lipinski definition) is 7. The number of morpholine rings is 1. The fraction of sp³-hybridized carbons (Fsp3) is 0.381. The number of aryl methyl sites for hydroxylation is 1. The quantitative estimate of drug-likeness (QED) is 0.615. The Hall–Kier alpha value is -2.00. The van der Waals surface area contributed by atoms with Crippen molar-refractivity contribution in [3.05, 3.63) is 41.5 Å². The highest BCUT2D eigenvalue weighted by molar-refractivity contribution is 7.99. The third-order valence-corrected chi connectivity index (χ3v) is 7.03. The highest BCUT2D eigenvalue weighted by Crippen LogP contribution is 2.38. The van der Waals surface area contributed by atoms with Crippen molar-refractivity contribution in [2.45, 2.75) is 42.9 Å².